The third-order valence-electron chi connectivity index (χ3n) is 4.91. The van der Waals surface area contributed by atoms with Crippen LogP contribution in [0.5, 0.6) is 0 Å². The Morgan fingerprint density at radius 1 is 1.11 bits per heavy atom. The zero-order valence-electron chi connectivity index (χ0n) is 15.3. The molecule has 1 N–H and O–H groups in total. The number of hydrogen-bond acceptors (Lipinski definition) is 3. The van der Waals surface area contributed by atoms with Crippen LogP contribution in [0.15, 0.2) is 59.5 Å². The van der Waals surface area contributed by atoms with Gasteiger partial charge in [-0.3, -0.25) is 9.10 Å². The quantitative estimate of drug-likeness (QED) is 0.656. The summed E-state index contributed by atoms with van der Waals surface area (Å²) in [6.45, 7) is 2.12. The maximum atomic E-state index is 12.9. The van der Waals surface area contributed by atoms with Crippen LogP contribution < -0.4 is 9.62 Å². The van der Waals surface area contributed by atoms with Gasteiger partial charge in [0, 0.05) is 29.1 Å². The summed E-state index contributed by atoms with van der Waals surface area (Å²) in [6.07, 6.45) is 0.641. The first kappa shape index (κ1) is 18.8. The van der Waals surface area contributed by atoms with Crippen LogP contribution in [-0.4, -0.2) is 20.9 Å². The molecule has 0 bridgehead atoms. The Morgan fingerprint density at radius 2 is 1.86 bits per heavy atom. The third-order valence-corrected chi connectivity index (χ3v) is 7.00. The molecule has 3 aromatic carbocycles. The van der Waals surface area contributed by atoms with E-state index in [1.165, 1.54) is 4.31 Å². The maximum absolute atomic E-state index is 12.9. The van der Waals surface area contributed by atoms with E-state index in [-0.39, 0.29) is 18.9 Å². The summed E-state index contributed by atoms with van der Waals surface area (Å²) < 4.78 is 27.3. The number of carbonyl (C=O) groups excluding carboxylic acids is 1. The van der Waals surface area contributed by atoms with Crippen LogP contribution in [0.1, 0.15) is 18.4 Å². The van der Waals surface area contributed by atoms with Crippen molar-refractivity contribution in [2.45, 2.75) is 24.7 Å². The second kappa shape index (κ2) is 7.11. The molecule has 0 radical (unpaired) electrons. The maximum Gasteiger partial charge on any atom is 0.265 e. The minimum Gasteiger partial charge on any atom is -0.326 e. The smallest absolute Gasteiger partial charge is 0.265 e. The SMILES string of the molecule is Cc1cc(Cl)ccc1NC(=O)CCCN1c2cccc3cccc(c23)S1(=O)=O. The van der Waals surface area contributed by atoms with Crippen LogP contribution in [0.3, 0.4) is 0 Å². The van der Waals surface area contributed by atoms with Crippen molar-refractivity contribution in [2.75, 3.05) is 16.2 Å². The van der Waals surface area contributed by atoms with E-state index in [0.29, 0.717) is 27.7 Å². The van der Waals surface area contributed by atoms with Gasteiger partial charge in [0.2, 0.25) is 5.91 Å². The Kier molecular flexibility index (Phi) is 4.77. The first-order valence-electron chi connectivity index (χ1n) is 8.98. The van der Waals surface area contributed by atoms with E-state index in [1.807, 2.05) is 31.2 Å². The monoisotopic (exact) mass is 414 g/mol. The molecular formula is C21H19ClN2O3S. The average Bonchev–Trinajstić information content (AvgIpc) is 2.87. The summed E-state index contributed by atoms with van der Waals surface area (Å²) in [5.41, 5.74) is 2.27. The number of anilines is 2. The third kappa shape index (κ3) is 3.23. The molecule has 0 saturated heterocycles. The van der Waals surface area contributed by atoms with E-state index >= 15 is 0 Å². The minimum absolute atomic E-state index is 0.155. The predicted molar refractivity (Wildman–Crippen MR) is 113 cm³/mol. The van der Waals surface area contributed by atoms with Gasteiger partial charge in [-0.25, -0.2) is 8.42 Å². The lowest BCUT2D eigenvalue weighted by atomic mass is 10.1. The Morgan fingerprint density at radius 3 is 2.61 bits per heavy atom. The highest BCUT2D eigenvalue weighted by Gasteiger charge is 2.35. The number of rotatable bonds is 5. The van der Waals surface area contributed by atoms with Crippen molar-refractivity contribution >= 4 is 49.7 Å². The van der Waals surface area contributed by atoms with Gasteiger partial charge in [-0.1, -0.05) is 35.9 Å². The van der Waals surface area contributed by atoms with Gasteiger partial charge in [-0.15, -0.1) is 0 Å². The molecule has 1 aliphatic rings. The second-order valence-electron chi connectivity index (χ2n) is 6.82. The second-order valence-corrected chi connectivity index (χ2v) is 9.09. The highest BCUT2D eigenvalue weighted by molar-refractivity contribution is 7.93. The molecule has 0 aliphatic carbocycles. The van der Waals surface area contributed by atoms with Gasteiger partial charge in [0.15, 0.2) is 0 Å². The lowest BCUT2D eigenvalue weighted by molar-refractivity contribution is -0.116. The summed E-state index contributed by atoms with van der Waals surface area (Å²) in [5.74, 6) is -0.155. The fourth-order valence-corrected chi connectivity index (χ4v) is 5.54. The highest BCUT2D eigenvalue weighted by Crippen LogP contribution is 2.41. The van der Waals surface area contributed by atoms with Gasteiger partial charge in [-0.2, -0.15) is 0 Å². The van der Waals surface area contributed by atoms with E-state index < -0.39 is 10.0 Å². The van der Waals surface area contributed by atoms with Crippen LogP contribution >= 0.6 is 11.6 Å². The number of nitrogens with one attached hydrogen (secondary N) is 1. The number of sulfonamides is 1. The zero-order chi connectivity index (χ0) is 19.9. The molecule has 0 spiro atoms. The number of halogens is 1. The van der Waals surface area contributed by atoms with Crippen molar-refractivity contribution in [3.05, 3.63) is 65.2 Å². The predicted octanol–water partition coefficient (Wildman–Crippen LogP) is 4.73. The first-order valence-corrected chi connectivity index (χ1v) is 10.8. The molecule has 0 unspecified atom stereocenters. The van der Waals surface area contributed by atoms with Crippen LogP contribution in [0.2, 0.25) is 5.02 Å². The number of carbonyl (C=O) groups is 1. The van der Waals surface area contributed by atoms with E-state index in [1.54, 1.807) is 30.3 Å². The van der Waals surface area contributed by atoms with Gasteiger partial charge in [0.05, 0.1) is 10.6 Å². The number of aryl methyl sites for hydroxylation is 1. The Bertz CT molecular complexity index is 1190. The molecule has 0 fully saturated rings. The molecule has 5 nitrogen and oxygen atoms in total. The molecule has 0 atom stereocenters. The fourth-order valence-electron chi connectivity index (χ4n) is 3.56. The van der Waals surface area contributed by atoms with E-state index in [0.717, 1.165) is 16.3 Å². The molecule has 0 saturated carbocycles. The van der Waals surface area contributed by atoms with Crippen molar-refractivity contribution in [1.82, 2.24) is 0 Å². The largest absolute Gasteiger partial charge is 0.326 e. The highest BCUT2D eigenvalue weighted by atomic mass is 35.5. The number of hydrogen-bond donors (Lipinski definition) is 1. The van der Waals surface area contributed by atoms with Crippen molar-refractivity contribution < 1.29 is 13.2 Å². The molecule has 144 valence electrons. The van der Waals surface area contributed by atoms with Gasteiger partial charge >= 0.3 is 0 Å². The summed E-state index contributed by atoms with van der Waals surface area (Å²) in [5, 5.41) is 5.12. The molecule has 4 rings (SSSR count). The Hall–Kier alpha value is -2.57. The zero-order valence-corrected chi connectivity index (χ0v) is 16.8. The topological polar surface area (TPSA) is 66.5 Å². The lowest BCUT2D eigenvalue weighted by Gasteiger charge is -2.18. The van der Waals surface area contributed by atoms with E-state index in [2.05, 4.69) is 5.32 Å². The van der Waals surface area contributed by atoms with E-state index in [4.69, 9.17) is 11.6 Å². The molecule has 1 heterocycles. The molecule has 1 aliphatic heterocycles. The van der Waals surface area contributed by atoms with E-state index in [9.17, 15) is 13.2 Å². The van der Waals surface area contributed by atoms with Crippen LogP contribution in [-0.2, 0) is 14.8 Å². The van der Waals surface area contributed by atoms with Crippen LogP contribution in [0.4, 0.5) is 11.4 Å². The van der Waals surface area contributed by atoms with Crippen LogP contribution in [0, 0.1) is 6.92 Å². The summed E-state index contributed by atoms with van der Waals surface area (Å²) in [4.78, 5) is 12.6. The van der Waals surface area contributed by atoms with Gasteiger partial charge in [0.25, 0.3) is 10.0 Å². The molecule has 0 aromatic heterocycles. The average molecular weight is 415 g/mol. The number of benzene rings is 3. The first-order chi connectivity index (χ1) is 13.4. The lowest BCUT2D eigenvalue weighted by Crippen LogP contribution is -2.29. The van der Waals surface area contributed by atoms with Crippen molar-refractivity contribution in [1.29, 1.82) is 0 Å². The summed E-state index contributed by atoms with van der Waals surface area (Å²) in [6, 6.07) is 16.1. The van der Waals surface area contributed by atoms with Gasteiger partial charge in [-0.05, 0) is 54.6 Å². The molecule has 7 heteroatoms. The van der Waals surface area contributed by atoms with Gasteiger partial charge in [0.1, 0.15) is 0 Å². The standard InChI is InChI=1S/C21H19ClN2O3S/c1-14-13-16(22)10-11-17(14)23-20(25)9-4-12-24-18-7-2-5-15-6-3-8-19(21(15)18)28(24,26)27/h2-3,5-8,10-11,13H,4,9,12H2,1H3,(H,23,25). The fraction of sp³-hybridized carbons (Fsp3) is 0.190. The Balaban J connectivity index is 1.46. The molecular weight excluding hydrogens is 396 g/mol. The van der Waals surface area contributed by atoms with Crippen molar-refractivity contribution in [2.24, 2.45) is 0 Å². The van der Waals surface area contributed by atoms with Gasteiger partial charge < -0.3 is 5.32 Å². The van der Waals surface area contributed by atoms with Crippen LogP contribution in [0.25, 0.3) is 10.8 Å². The minimum atomic E-state index is -3.58. The number of nitrogens with zero attached hydrogens (tertiary/aromatic N) is 1. The molecule has 28 heavy (non-hydrogen) atoms. The molecule has 3 aromatic rings. The summed E-state index contributed by atoms with van der Waals surface area (Å²) >= 11 is 5.93. The molecule has 1 amide bonds. The number of amides is 1. The summed E-state index contributed by atoms with van der Waals surface area (Å²) in [7, 11) is -3.58. The van der Waals surface area contributed by atoms with Crippen molar-refractivity contribution in [3.63, 3.8) is 0 Å². The Labute approximate surface area is 169 Å². The normalized spacial score (nSPS) is 14.4. The van der Waals surface area contributed by atoms with Crippen molar-refractivity contribution in [3.8, 4) is 0 Å².